The average Bonchev–Trinajstić information content (AvgIpc) is 2.84. The van der Waals surface area contributed by atoms with Gasteiger partial charge < -0.3 is 5.11 Å². The normalized spacial score (nSPS) is 9.71. The number of aromatic nitrogens is 4. The number of thioether (sulfide) groups is 1. The largest absolute Gasteiger partial charge is 0.384 e. The number of aliphatic hydroxyl groups excluding tert-OH is 1. The Kier molecular flexibility index (Phi) is 4.13. The van der Waals surface area contributed by atoms with Crippen molar-refractivity contribution < 1.29 is 5.11 Å². The fraction of sp³-hybridized carbons (Fsp3) is 0.182. The number of hydrogen-bond acceptors (Lipinski definition) is 5. The Morgan fingerprint density at radius 1 is 1.24 bits per heavy atom. The van der Waals surface area contributed by atoms with Gasteiger partial charge in [-0.15, -0.1) is 5.10 Å². The summed E-state index contributed by atoms with van der Waals surface area (Å²) in [7, 11) is 0. The lowest BCUT2D eigenvalue weighted by molar-refractivity contribution is 0.350. The molecule has 1 aromatic carbocycles. The van der Waals surface area contributed by atoms with Crippen molar-refractivity contribution in [1.29, 1.82) is 0 Å². The van der Waals surface area contributed by atoms with E-state index >= 15 is 0 Å². The molecule has 0 aliphatic rings. The second kappa shape index (κ2) is 6.03. The Labute approximate surface area is 103 Å². The maximum absolute atomic E-state index is 8.53. The van der Waals surface area contributed by atoms with Crippen LogP contribution in [0, 0.1) is 11.8 Å². The van der Waals surface area contributed by atoms with Crippen LogP contribution in [0.15, 0.2) is 35.5 Å². The molecule has 0 amide bonds. The van der Waals surface area contributed by atoms with Gasteiger partial charge in [-0.2, -0.15) is 4.68 Å². The lowest BCUT2D eigenvalue weighted by atomic mass is 10.3. The number of benzene rings is 1. The van der Waals surface area contributed by atoms with Gasteiger partial charge in [-0.3, -0.25) is 0 Å². The minimum atomic E-state index is -0.121. The standard InChI is InChI=1S/C11H10N4OS/c16-8-4-5-9-17-11-12-13-14-15(11)10-6-2-1-3-7-10/h1-3,6-7,16H,8-9H2. The van der Waals surface area contributed by atoms with Crippen LogP contribution in [0.5, 0.6) is 0 Å². The van der Waals surface area contributed by atoms with E-state index in [0.29, 0.717) is 10.9 Å². The van der Waals surface area contributed by atoms with Crippen LogP contribution in [0.4, 0.5) is 0 Å². The molecule has 0 aliphatic carbocycles. The fourth-order valence-electron chi connectivity index (χ4n) is 1.21. The van der Waals surface area contributed by atoms with Gasteiger partial charge in [0.15, 0.2) is 0 Å². The Morgan fingerprint density at radius 2 is 2.06 bits per heavy atom. The molecule has 86 valence electrons. The van der Waals surface area contributed by atoms with Gasteiger partial charge in [0.2, 0.25) is 5.16 Å². The number of para-hydroxylation sites is 1. The zero-order valence-corrected chi connectivity index (χ0v) is 9.76. The van der Waals surface area contributed by atoms with Gasteiger partial charge in [-0.1, -0.05) is 41.8 Å². The molecule has 0 radical (unpaired) electrons. The van der Waals surface area contributed by atoms with Crippen molar-refractivity contribution in [2.75, 3.05) is 12.4 Å². The number of hydrogen-bond donors (Lipinski definition) is 1. The van der Waals surface area contributed by atoms with E-state index in [1.54, 1.807) is 4.68 Å². The van der Waals surface area contributed by atoms with Gasteiger partial charge >= 0.3 is 0 Å². The topological polar surface area (TPSA) is 63.8 Å². The smallest absolute Gasteiger partial charge is 0.215 e. The van der Waals surface area contributed by atoms with E-state index in [1.807, 2.05) is 30.3 Å². The Bertz CT molecular complexity index is 529. The Hall–Kier alpha value is -1.84. The van der Waals surface area contributed by atoms with Crippen LogP contribution in [-0.4, -0.2) is 37.7 Å². The third kappa shape index (κ3) is 3.06. The summed E-state index contributed by atoms with van der Waals surface area (Å²) in [4.78, 5) is 0. The van der Waals surface area contributed by atoms with Crippen LogP contribution < -0.4 is 0 Å². The first-order chi connectivity index (χ1) is 8.42. The number of aliphatic hydroxyl groups is 1. The summed E-state index contributed by atoms with van der Waals surface area (Å²) in [5.41, 5.74) is 0.912. The summed E-state index contributed by atoms with van der Waals surface area (Å²) in [6.45, 7) is -0.121. The second-order valence-corrected chi connectivity index (χ2v) is 3.95. The van der Waals surface area contributed by atoms with Crippen molar-refractivity contribution in [2.24, 2.45) is 0 Å². The third-order valence-electron chi connectivity index (χ3n) is 1.92. The number of tetrazole rings is 1. The number of nitrogens with zero attached hydrogens (tertiary/aromatic N) is 4. The van der Waals surface area contributed by atoms with E-state index in [2.05, 4.69) is 27.4 Å². The monoisotopic (exact) mass is 246 g/mol. The highest BCUT2D eigenvalue weighted by Crippen LogP contribution is 2.16. The van der Waals surface area contributed by atoms with Gasteiger partial charge in [0, 0.05) is 0 Å². The Balaban J connectivity index is 2.12. The van der Waals surface area contributed by atoms with Crippen molar-refractivity contribution in [3.63, 3.8) is 0 Å². The average molecular weight is 246 g/mol. The molecule has 0 saturated carbocycles. The molecule has 2 rings (SSSR count). The minimum Gasteiger partial charge on any atom is -0.384 e. The first-order valence-electron chi connectivity index (χ1n) is 4.95. The van der Waals surface area contributed by atoms with Crippen molar-refractivity contribution in [1.82, 2.24) is 20.2 Å². The van der Waals surface area contributed by atoms with Crippen molar-refractivity contribution in [3.05, 3.63) is 30.3 Å². The SMILES string of the molecule is OCC#CCSc1nnnn1-c1ccccc1. The molecule has 5 nitrogen and oxygen atoms in total. The van der Waals surface area contributed by atoms with Crippen molar-refractivity contribution >= 4 is 11.8 Å². The van der Waals surface area contributed by atoms with E-state index in [4.69, 9.17) is 5.11 Å². The van der Waals surface area contributed by atoms with Crippen LogP contribution in [0.25, 0.3) is 5.69 Å². The lowest BCUT2D eigenvalue weighted by Crippen LogP contribution is -1.98. The van der Waals surface area contributed by atoms with E-state index < -0.39 is 0 Å². The zero-order valence-electron chi connectivity index (χ0n) is 8.95. The predicted octanol–water partition coefficient (Wildman–Crippen LogP) is 0.750. The molecule has 1 aromatic heterocycles. The number of rotatable bonds is 3. The van der Waals surface area contributed by atoms with Crippen molar-refractivity contribution in [3.8, 4) is 17.5 Å². The van der Waals surface area contributed by atoms with E-state index in [9.17, 15) is 0 Å². The molecule has 0 fully saturated rings. The van der Waals surface area contributed by atoms with E-state index in [0.717, 1.165) is 5.69 Å². The molecule has 1 heterocycles. The molecular weight excluding hydrogens is 236 g/mol. The summed E-state index contributed by atoms with van der Waals surface area (Å²) in [6.07, 6.45) is 0. The third-order valence-corrected chi connectivity index (χ3v) is 2.72. The summed E-state index contributed by atoms with van der Waals surface area (Å²) in [5.74, 6) is 5.93. The zero-order chi connectivity index (χ0) is 11.9. The Morgan fingerprint density at radius 3 is 2.82 bits per heavy atom. The lowest BCUT2D eigenvalue weighted by Gasteiger charge is -2.01. The molecule has 0 bridgehead atoms. The molecular formula is C11H10N4OS. The highest BCUT2D eigenvalue weighted by atomic mass is 32.2. The maximum Gasteiger partial charge on any atom is 0.215 e. The molecule has 6 heteroatoms. The van der Waals surface area contributed by atoms with Gasteiger partial charge in [0.1, 0.15) is 6.61 Å². The van der Waals surface area contributed by atoms with Crippen LogP contribution in [-0.2, 0) is 0 Å². The van der Waals surface area contributed by atoms with Gasteiger partial charge in [0.25, 0.3) is 0 Å². The van der Waals surface area contributed by atoms with E-state index in [1.165, 1.54) is 11.8 Å². The van der Waals surface area contributed by atoms with E-state index in [-0.39, 0.29) is 6.61 Å². The van der Waals surface area contributed by atoms with Crippen LogP contribution in [0.3, 0.4) is 0 Å². The van der Waals surface area contributed by atoms with Gasteiger partial charge in [0.05, 0.1) is 11.4 Å². The summed E-state index contributed by atoms with van der Waals surface area (Å²) in [5, 5.41) is 20.7. The van der Waals surface area contributed by atoms with Gasteiger partial charge in [-0.05, 0) is 22.6 Å². The first-order valence-corrected chi connectivity index (χ1v) is 5.93. The van der Waals surface area contributed by atoms with Crippen LogP contribution in [0.2, 0.25) is 0 Å². The molecule has 0 spiro atoms. The summed E-state index contributed by atoms with van der Waals surface area (Å²) in [6, 6.07) is 9.65. The first kappa shape index (κ1) is 11.6. The predicted molar refractivity (Wildman–Crippen MR) is 64.7 cm³/mol. The maximum atomic E-state index is 8.53. The summed E-state index contributed by atoms with van der Waals surface area (Å²) >= 11 is 1.43. The van der Waals surface area contributed by atoms with Crippen LogP contribution >= 0.6 is 11.8 Å². The minimum absolute atomic E-state index is 0.121. The molecule has 0 atom stereocenters. The molecule has 0 aliphatic heterocycles. The van der Waals surface area contributed by atoms with Crippen molar-refractivity contribution in [2.45, 2.75) is 5.16 Å². The molecule has 1 N–H and O–H groups in total. The second-order valence-electron chi connectivity index (χ2n) is 3.01. The highest BCUT2D eigenvalue weighted by molar-refractivity contribution is 7.99. The summed E-state index contributed by atoms with van der Waals surface area (Å²) < 4.78 is 1.66. The molecule has 0 unspecified atom stereocenters. The molecule has 2 aromatic rings. The molecule has 17 heavy (non-hydrogen) atoms. The molecule has 0 saturated heterocycles. The fourth-order valence-corrected chi connectivity index (χ4v) is 1.87. The quantitative estimate of drug-likeness (QED) is 0.639. The van der Waals surface area contributed by atoms with Gasteiger partial charge in [-0.25, -0.2) is 0 Å². The van der Waals surface area contributed by atoms with Crippen LogP contribution in [0.1, 0.15) is 0 Å². The highest BCUT2D eigenvalue weighted by Gasteiger charge is 2.06.